The minimum atomic E-state index is -0.323. The van der Waals surface area contributed by atoms with Crippen LogP contribution in [0, 0.1) is 0 Å². The molecule has 1 heterocycles. The molecule has 33 heavy (non-hydrogen) atoms. The van der Waals surface area contributed by atoms with Crippen LogP contribution in [0.15, 0.2) is 72.8 Å². The second kappa shape index (κ2) is 10.2. The molecule has 7 nitrogen and oxygen atoms in total. The van der Waals surface area contributed by atoms with Crippen molar-refractivity contribution in [3.63, 3.8) is 0 Å². The maximum atomic E-state index is 13.0. The maximum Gasteiger partial charge on any atom is 0.255 e. The first kappa shape index (κ1) is 22.4. The number of hydrogen-bond donors (Lipinski definition) is 1. The van der Waals surface area contributed by atoms with Gasteiger partial charge in [0.1, 0.15) is 17.2 Å². The van der Waals surface area contributed by atoms with E-state index in [1.807, 2.05) is 42.3 Å². The highest BCUT2D eigenvalue weighted by molar-refractivity contribution is 6.06. The van der Waals surface area contributed by atoms with Gasteiger partial charge >= 0.3 is 0 Å². The van der Waals surface area contributed by atoms with Crippen LogP contribution in [-0.2, 0) is 0 Å². The van der Waals surface area contributed by atoms with Crippen molar-refractivity contribution in [2.75, 3.05) is 45.7 Å². The van der Waals surface area contributed by atoms with Gasteiger partial charge in [0.2, 0.25) is 0 Å². The molecule has 3 aromatic rings. The second-order valence-electron chi connectivity index (χ2n) is 7.91. The molecule has 0 atom stereocenters. The third kappa shape index (κ3) is 5.51. The van der Waals surface area contributed by atoms with Crippen molar-refractivity contribution >= 4 is 17.5 Å². The molecule has 1 saturated heterocycles. The van der Waals surface area contributed by atoms with E-state index in [1.165, 1.54) is 7.11 Å². The van der Waals surface area contributed by atoms with E-state index in [9.17, 15) is 9.59 Å². The molecule has 1 aliphatic rings. The number of para-hydroxylation sites is 1. The van der Waals surface area contributed by atoms with Crippen LogP contribution in [0.3, 0.4) is 0 Å². The molecule has 0 saturated carbocycles. The largest absolute Gasteiger partial charge is 0.495 e. The Morgan fingerprint density at radius 2 is 1.55 bits per heavy atom. The molecule has 1 aliphatic heterocycles. The average molecular weight is 446 g/mol. The lowest BCUT2D eigenvalue weighted by Crippen LogP contribution is -2.47. The van der Waals surface area contributed by atoms with Gasteiger partial charge < -0.3 is 24.6 Å². The van der Waals surface area contributed by atoms with Crippen molar-refractivity contribution in [3.8, 4) is 17.2 Å². The van der Waals surface area contributed by atoms with Crippen molar-refractivity contribution in [3.05, 3.63) is 83.9 Å². The molecule has 4 rings (SSSR count). The predicted octanol–water partition coefficient (Wildman–Crippen LogP) is 4.13. The van der Waals surface area contributed by atoms with Crippen LogP contribution in [0.1, 0.15) is 20.7 Å². The van der Waals surface area contributed by atoms with Gasteiger partial charge in [-0.05, 0) is 55.6 Å². The SMILES string of the molecule is COc1ccc(C(=O)N2CCN(C)CC2)cc1NC(=O)c1cccc(Oc2ccccc2)c1. The molecule has 1 N–H and O–H groups in total. The Kier molecular flexibility index (Phi) is 6.90. The van der Waals surface area contributed by atoms with Crippen LogP contribution in [-0.4, -0.2) is 62.0 Å². The summed E-state index contributed by atoms with van der Waals surface area (Å²) in [5, 5.41) is 2.88. The first-order valence-corrected chi connectivity index (χ1v) is 10.8. The molecule has 0 unspecified atom stereocenters. The Bertz CT molecular complexity index is 1130. The van der Waals surface area contributed by atoms with Gasteiger partial charge in [-0.25, -0.2) is 0 Å². The maximum absolute atomic E-state index is 13.0. The standard InChI is InChI=1S/C26H27N3O4/c1-28-13-15-29(16-14-28)26(31)20-11-12-24(32-2)23(18-20)27-25(30)19-7-6-10-22(17-19)33-21-8-4-3-5-9-21/h3-12,17-18H,13-16H2,1-2H3,(H,27,30). The van der Waals surface area contributed by atoms with Crippen LogP contribution in [0.5, 0.6) is 17.2 Å². The summed E-state index contributed by atoms with van der Waals surface area (Å²) in [4.78, 5) is 30.0. The summed E-state index contributed by atoms with van der Waals surface area (Å²) in [5.41, 5.74) is 1.38. The van der Waals surface area contributed by atoms with Crippen molar-refractivity contribution in [1.29, 1.82) is 0 Å². The smallest absolute Gasteiger partial charge is 0.255 e. The number of benzene rings is 3. The lowest BCUT2D eigenvalue weighted by Gasteiger charge is -2.32. The predicted molar refractivity (Wildman–Crippen MR) is 127 cm³/mol. The number of nitrogens with one attached hydrogen (secondary N) is 1. The molecule has 3 aromatic carbocycles. The quantitative estimate of drug-likeness (QED) is 0.618. The highest BCUT2D eigenvalue weighted by Crippen LogP contribution is 2.28. The number of carbonyl (C=O) groups is 2. The van der Waals surface area contributed by atoms with Gasteiger partial charge in [0.25, 0.3) is 11.8 Å². The fraction of sp³-hybridized carbons (Fsp3) is 0.231. The van der Waals surface area contributed by atoms with E-state index in [0.29, 0.717) is 47.2 Å². The number of hydrogen-bond acceptors (Lipinski definition) is 5. The van der Waals surface area contributed by atoms with Crippen LogP contribution in [0.4, 0.5) is 5.69 Å². The van der Waals surface area contributed by atoms with Gasteiger partial charge in [-0.1, -0.05) is 24.3 Å². The molecular formula is C26H27N3O4. The average Bonchev–Trinajstić information content (AvgIpc) is 2.85. The zero-order chi connectivity index (χ0) is 23.2. The molecule has 1 fully saturated rings. The van der Waals surface area contributed by atoms with E-state index in [1.54, 1.807) is 42.5 Å². The fourth-order valence-corrected chi connectivity index (χ4v) is 3.65. The first-order valence-electron chi connectivity index (χ1n) is 10.8. The van der Waals surface area contributed by atoms with Crippen molar-refractivity contribution in [2.24, 2.45) is 0 Å². The van der Waals surface area contributed by atoms with E-state index in [-0.39, 0.29) is 11.8 Å². The number of likely N-dealkylation sites (N-methyl/N-ethyl adjacent to an activating group) is 1. The van der Waals surface area contributed by atoms with Crippen molar-refractivity contribution < 1.29 is 19.1 Å². The third-order valence-electron chi connectivity index (χ3n) is 5.56. The number of ether oxygens (including phenoxy) is 2. The Hall–Kier alpha value is -3.84. The Morgan fingerprint density at radius 3 is 2.27 bits per heavy atom. The highest BCUT2D eigenvalue weighted by atomic mass is 16.5. The summed E-state index contributed by atoms with van der Waals surface area (Å²) in [6.07, 6.45) is 0. The second-order valence-corrected chi connectivity index (χ2v) is 7.91. The molecule has 0 aromatic heterocycles. The summed E-state index contributed by atoms with van der Waals surface area (Å²) < 4.78 is 11.2. The van der Waals surface area contributed by atoms with Crippen LogP contribution in [0.25, 0.3) is 0 Å². The van der Waals surface area contributed by atoms with Gasteiger partial charge in [-0.2, -0.15) is 0 Å². The molecular weight excluding hydrogens is 418 g/mol. The van der Waals surface area contributed by atoms with Gasteiger partial charge in [0.05, 0.1) is 12.8 Å². The molecule has 170 valence electrons. The molecule has 2 amide bonds. The summed E-state index contributed by atoms with van der Waals surface area (Å²) in [6, 6.07) is 21.4. The van der Waals surface area contributed by atoms with E-state index in [4.69, 9.17) is 9.47 Å². The third-order valence-corrected chi connectivity index (χ3v) is 5.56. The number of amides is 2. The monoisotopic (exact) mass is 445 g/mol. The molecule has 0 radical (unpaired) electrons. The number of methoxy groups -OCH3 is 1. The van der Waals surface area contributed by atoms with Crippen molar-refractivity contribution in [2.45, 2.75) is 0 Å². The van der Waals surface area contributed by atoms with Gasteiger partial charge in [-0.15, -0.1) is 0 Å². The Labute approximate surface area is 193 Å². The normalized spacial score (nSPS) is 13.9. The fourth-order valence-electron chi connectivity index (χ4n) is 3.65. The summed E-state index contributed by atoms with van der Waals surface area (Å²) in [5.74, 6) is 1.34. The number of anilines is 1. The van der Waals surface area contributed by atoms with E-state index in [0.717, 1.165) is 13.1 Å². The Morgan fingerprint density at radius 1 is 0.818 bits per heavy atom. The molecule has 0 spiro atoms. The molecule has 7 heteroatoms. The number of carbonyl (C=O) groups excluding carboxylic acids is 2. The first-order chi connectivity index (χ1) is 16.0. The number of piperazine rings is 1. The minimum Gasteiger partial charge on any atom is -0.495 e. The lowest BCUT2D eigenvalue weighted by atomic mass is 10.1. The van der Waals surface area contributed by atoms with Crippen molar-refractivity contribution in [1.82, 2.24) is 9.80 Å². The summed E-state index contributed by atoms with van der Waals surface area (Å²) in [7, 11) is 3.57. The van der Waals surface area contributed by atoms with Gasteiger partial charge in [-0.3, -0.25) is 9.59 Å². The zero-order valence-corrected chi connectivity index (χ0v) is 18.8. The zero-order valence-electron chi connectivity index (χ0n) is 18.8. The summed E-state index contributed by atoms with van der Waals surface area (Å²) in [6.45, 7) is 3.04. The van der Waals surface area contributed by atoms with E-state index >= 15 is 0 Å². The van der Waals surface area contributed by atoms with Crippen LogP contribution in [0.2, 0.25) is 0 Å². The Balaban J connectivity index is 1.51. The molecule has 0 aliphatic carbocycles. The number of nitrogens with zero attached hydrogens (tertiary/aromatic N) is 2. The molecule has 0 bridgehead atoms. The van der Waals surface area contributed by atoms with Crippen LogP contribution < -0.4 is 14.8 Å². The summed E-state index contributed by atoms with van der Waals surface area (Å²) >= 11 is 0. The number of rotatable bonds is 6. The lowest BCUT2D eigenvalue weighted by molar-refractivity contribution is 0.0664. The minimum absolute atomic E-state index is 0.0560. The van der Waals surface area contributed by atoms with Gasteiger partial charge in [0.15, 0.2) is 0 Å². The van der Waals surface area contributed by atoms with Crippen LogP contribution >= 0.6 is 0 Å². The highest BCUT2D eigenvalue weighted by Gasteiger charge is 2.22. The van der Waals surface area contributed by atoms with E-state index in [2.05, 4.69) is 10.2 Å². The topological polar surface area (TPSA) is 71.1 Å². The van der Waals surface area contributed by atoms with E-state index < -0.39 is 0 Å². The van der Waals surface area contributed by atoms with Gasteiger partial charge in [0, 0.05) is 37.3 Å².